The van der Waals surface area contributed by atoms with Crippen LogP contribution in [0.3, 0.4) is 0 Å². The molecular formula is C22H24N4O. The molecule has 2 heterocycles. The maximum atomic E-state index is 12.8. The predicted molar refractivity (Wildman–Crippen MR) is 108 cm³/mol. The maximum Gasteiger partial charge on any atom is 0.272 e. The monoisotopic (exact) mass is 360 g/mol. The lowest BCUT2D eigenvalue weighted by Gasteiger charge is -2.36. The first-order valence-corrected chi connectivity index (χ1v) is 9.34. The van der Waals surface area contributed by atoms with Crippen LogP contribution in [0.25, 0.3) is 11.3 Å². The molecule has 2 aromatic carbocycles. The first kappa shape index (κ1) is 17.3. The first-order chi connectivity index (χ1) is 13.1. The average molecular weight is 360 g/mol. The number of rotatable bonds is 3. The van der Waals surface area contributed by atoms with Gasteiger partial charge in [-0.1, -0.05) is 48.0 Å². The van der Waals surface area contributed by atoms with E-state index in [9.17, 15) is 4.79 Å². The van der Waals surface area contributed by atoms with Crippen LogP contribution in [0.1, 0.15) is 21.6 Å². The summed E-state index contributed by atoms with van der Waals surface area (Å²) in [7, 11) is 0. The molecule has 1 aliphatic rings. The van der Waals surface area contributed by atoms with Crippen molar-refractivity contribution >= 4 is 11.6 Å². The lowest BCUT2D eigenvalue weighted by atomic mass is 10.1. The third kappa shape index (κ3) is 3.58. The van der Waals surface area contributed by atoms with E-state index >= 15 is 0 Å². The molecule has 0 saturated carbocycles. The number of carbonyl (C=O) groups excluding carboxylic acids is 1. The predicted octanol–water partition coefficient (Wildman–Crippen LogP) is 3.66. The van der Waals surface area contributed by atoms with E-state index in [4.69, 9.17) is 0 Å². The fourth-order valence-electron chi connectivity index (χ4n) is 3.54. The summed E-state index contributed by atoms with van der Waals surface area (Å²) >= 11 is 0. The van der Waals surface area contributed by atoms with Gasteiger partial charge in [0.1, 0.15) is 5.69 Å². The average Bonchev–Trinajstić information content (AvgIpc) is 3.19. The molecule has 1 N–H and O–H groups in total. The van der Waals surface area contributed by atoms with E-state index in [2.05, 4.69) is 65.3 Å². The number of H-pyrrole nitrogens is 1. The number of hydrogen-bond donors (Lipinski definition) is 1. The van der Waals surface area contributed by atoms with Gasteiger partial charge in [0.25, 0.3) is 5.91 Å². The van der Waals surface area contributed by atoms with E-state index in [1.165, 1.54) is 16.8 Å². The number of piperazine rings is 1. The lowest BCUT2D eigenvalue weighted by molar-refractivity contribution is 0.0741. The third-order valence-corrected chi connectivity index (χ3v) is 5.18. The number of para-hydroxylation sites is 1. The Balaban J connectivity index is 1.43. The third-order valence-electron chi connectivity index (χ3n) is 5.18. The Labute approximate surface area is 159 Å². The molecule has 1 fully saturated rings. The van der Waals surface area contributed by atoms with E-state index in [1.54, 1.807) is 0 Å². The highest BCUT2D eigenvalue weighted by Gasteiger charge is 2.24. The van der Waals surface area contributed by atoms with Crippen molar-refractivity contribution in [3.63, 3.8) is 0 Å². The number of hydrogen-bond acceptors (Lipinski definition) is 3. The molecule has 0 radical (unpaired) electrons. The van der Waals surface area contributed by atoms with E-state index in [0.717, 1.165) is 24.3 Å². The number of aryl methyl sites for hydroxylation is 2. The summed E-state index contributed by atoms with van der Waals surface area (Å²) in [6.45, 7) is 7.30. The minimum absolute atomic E-state index is 0.0188. The van der Waals surface area contributed by atoms with Crippen molar-refractivity contribution < 1.29 is 4.79 Å². The second kappa shape index (κ2) is 7.27. The number of benzene rings is 2. The zero-order chi connectivity index (χ0) is 18.8. The van der Waals surface area contributed by atoms with E-state index in [-0.39, 0.29) is 5.91 Å². The van der Waals surface area contributed by atoms with Crippen molar-refractivity contribution in [1.82, 2.24) is 15.1 Å². The minimum Gasteiger partial charge on any atom is -0.368 e. The van der Waals surface area contributed by atoms with Gasteiger partial charge in [0, 0.05) is 37.4 Å². The zero-order valence-electron chi connectivity index (χ0n) is 15.8. The Hall–Kier alpha value is -3.08. The van der Waals surface area contributed by atoms with Crippen molar-refractivity contribution in [3.8, 4) is 11.3 Å². The van der Waals surface area contributed by atoms with Gasteiger partial charge in [-0.2, -0.15) is 5.10 Å². The van der Waals surface area contributed by atoms with Gasteiger partial charge >= 0.3 is 0 Å². The summed E-state index contributed by atoms with van der Waals surface area (Å²) in [5.74, 6) is 0.0188. The molecule has 0 spiro atoms. The molecule has 5 heteroatoms. The Morgan fingerprint density at radius 2 is 1.67 bits per heavy atom. The maximum absolute atomic E-state index is 12.8. The van der Waals surface area contributed by atoms with Crippen LogP contribution >= 0.6 is 0 Å². The van der Waals surface area contributed by atoms with Gasteiger partial charge in [-0.05, 0) is 31.5 Å². The Morgan fingerprint density at radius 3 is 2.37 bits per heavy atom. The van der Waals surface area contributed by atoms with Crippen LogP contribution in [0.2, 0.25) is 0 Å². The normalized spacial score (nSPS) is 14.4. The van der Waals surface area contributed by atoms with Gasteiger partial charge in [0.15, 0.2) is 0 Å². The number of nitrogens with zero attached hydrogens (tertiary/aromatic N) is 3. The van der Waals surface area contributed by atoms with Crippen molar-refractivity contribution in [3.05, 3.63) is 71.4 Å². The number of nitrogens with one attached hydrogen (secondary N) is 1. The number of amides is 1. The number of aromatic nitrogens is 2. The van der Waals surface area contributed by atoms with Crippen LogP contribution in [-0.2, 0) is 0 Å². The number of anilines is 1. The highest BCUT2D eigenvalue weighted by Crippen LogP contribution is 2.22. The molecule has 0 unspecified atom stereocenters. The summed E-state index contributed by atoms with van der Waals surface area (Å²) in [6, 6.07) is 18.4. The van der Waals surface area contributed by atoms with Gasteiger partial charge < -0.3 is 9.80 Å². The van der Waals surface area contributed by atoms with Crippen LogP contribution in [0, 0.1) is 13.8 Å². The molecule has 4 rings (SSSR count). The van der Waals surface area contributed by atoms with Crippen molar-refractivity contribution in [1.29, 1.82) is 0 Å². The lowest BCUT2D eigenvalue weighted by Crippen LogP contribution is -2.49. The fourth-order valence-corrected chi connectivity index (χ4v) is 3.54. The van der Waals surface area contributed by atoms with Crippen LogP contribution in [0.4, 0.5) is 5.69 Å². The topological polar surface area (TPSA) is 52.2 Å². The van der Waals surface area contributed by atoms with Crippen molar-refractivity contribution in [2.24, 2.45) is 0 Å². The Bertz CT molecular complexity index is 937. The summed E-state index contributed by atoms with van der Waals surface area (Å²) < 4.78 is 0. The second-order valence-corrected chi connectivity index (χ2v) is 7.10. The van der Waals surface area contributed by atoms with Crippen molar-refractivity contribution in [2.45, 2.75) is 13.8 Å². The standard InChI is InChI=1S/C22H24N4O/c1-16-7-9-18(10-8-16)19-15-20(24-23-19)22(27)26-13-11-25(12-14-26)21-6-4-3-5-17(21)2/h3-10,15H,11-14H2,1-2H3,(H,23,24). The Morgan fingerprint density at radius 1 is 0.963 bits per heavy atom. The van der Waals surface area contributed by atoms with Crippen LogP contribution in [0.5, 0.6) is 0 Å². The van der Waals surface area contributed by atoms with Gasteiger partial charge in [-0.15, -0.1) is 0 Å². The highest BCUT2D eigenvalue weighted by molar-refractivity contribution is 5.93. The number of carbonyl (C=O) groups is 1. The van der Waals surface area contributed by atoms with Gasteiger partial charge in [-0.25, -0.2) is 0 Å². The second-order valence-electron chi connectivity index (χ2n) is 7.10. The molecule has 27 heavy (non-hydrogen) atoms. The summed E-state index contributed by atoms with van der Waals surface area (Å²) in [6.07, 6.45) is 0. The SMILES string of the molecule is Cc1ccc(-c2cc(C(=O)N3CCN(c4ccccc4C)CC3)[nH]n2)cc1. The smallest absolute Gasteiger partial charge is 0.272 e. The zero-order valence-corrected chi connectivity index (χ0v) is 15.8. The molecule has 1 aliphatic heterocycles. The van der Waals surface area contributed by atoms with Crippen LogP contribution in [-0.4, -0.2) is 47.2 Å². The van der Waals surface area contributed by atoms with E-state index in [0.29, 0.717) is 18.8 Å². The molecule has 3 aromatic rings. The molecule has 0 bridgehead atoms. The van der Waals surface area contributed by atoms with Crippen molar-refractivity contribution in [2.75, 3.05) is 31.1 Å². The number of aromatic amines is 1. The molecule has 1 saturated heterocycles. The molecule has 1 amide bonds. The van der Waals surface area contributed by atoms with Crippen LogP contribution in [0.15, 0.2) is 54.6 Å². The first-order valence-electron chi connectivity index (χ1n) is 9.34. The highest BCUT2D eigenvalue weighted by atomic mass is 16.2. The summed E-state index contributed by atoms with van der Waals surface area (Å²) in [5.41, 5.74) is 6.10. The summed E-state index contributed by atoms with van der Waals surface area (Å²) in [5, 5.41) is 7.24. The molecule has 1 aromatic heterocycles. The fraction of sp³-hybridized carbons (Fsp3) is 0.273. The van der Waals surface area contributed by atoms with Gasteiger partial charge in [-0.3, -0.25) is 9.89 Å². The largest absolute Gasteiger partial charge is 0.368 e. The van der Waals surface area contributed by atoms with E-state index < -0.39 is 0 Å². The van der Waals surface area contributed by atoms with Gasteiger partial charge in [0.05, 0.1) is 5.69 Å². The minimum atomic E-state index is 0.0188. The molecule has 5 nitrogen and oxygen atoms in total. The van der Waals surface area contributed by atoms with Gasteiger partial charge in [0.2, 0.25) is 0 Å². The molecule has 0 aliphatic carbocycles. The molecular weight excluding hydrogens is 336 g/mol. The van der Waals surface area contributed by atoms with Crippen LogP contribution < -0.4 is 4.90 Å². The molecule has 0 atom stereocenters. The molecule has 138 valence electrons. The van der Waals surface area contributed by atoms with E-state index in [1.807, 2.05) is 23.1 Å². The Kier molecular flexibility index (Phi) is 4.67. The quantitative estimate of drug-likeness (QED) is 0.776. The summed E-state index contributed by atoms with van der Waals surface area (Å²) in [4.78, 5) is 17.1.